The lowest BCUT2D eigenvalue weighted by Crippen LogP contribution is -2.03. The quantitative estimate of drug-likeness (QED) is 0.341. The standard InChI is InChI=1S/C21H20O.C7H8O3S/c22-16-15-21(19-9-5-2-6-10-19)20-13-11-18(12-14-20)17-7-3-1-4-8-17;1-6-2-4-7(5-3-6)11(8,9)10/h1-14,21-22H,15-16H2;2-5H,1H3,(H,8,9,10). The van der Waals surface area contributed by atoms with Crippen LogP contribution in [0.25, 0.3) is 11.1 Å². The molecule has 33 heavy (non-hydrogen) atoms. The van der Waals surface area contributed by atoms with Crippen LogP contribution in [-0.2, 0) is 10.1 Å². The van der Waals surface area contributed by atoms with Gasteiger partial charge < -0.3 is 5.11 Å². The van der Waals surface area contributed by atoms with Gasteiger partial charge in [0, 0.05) is 12.5 Å². The summed E-state index contributed by atoms with van der Waals surface area (Å²) in [5.74, 6) is 0.246. The van der Waals surface area contributed by atoms with E-state index in [0.717, 1.165) is 12.0 Å². The molecule has 0 radical (unpaired) electrons. The van der Waals surface area contributed by atoms with Crippen molar-refractivity contribution in [2.45, 2.75) is 24.2 Å². The Labute approximate surface area is 195 Å². The van der Waals surface area contributed by atoms with Crippen molar-refractivity contribution >= 4 is 10.1 Å². The summed E-state index contributed by atoms with van der Waals surface area (Å²) in [6, 6.07) is 35.5. The van der Waals surface area contributed by atoms with Gasteiger partial charge in [-0.2, -0.15) is 8.42 Å². The van der Waals surface area contributed by atoms with E-state index in [9.17, 15) is 13.5 Å². The maximum absolute atomic E-state index is 10.5. The second-order valence-corrected chi connectivity index (χ2v) is 9.17. The highest BCUT2D eigenvalue weighted by molar-refractivity contribution is 7.85. The van der Waals surface area contributed by atoms with Gasteiger partial charge in [0.05, 0.1) is 4.90 Å². The summed E-state index contributed by atoms with van der Waals surface area (Å²) >= 11 is 0. The van der Waals surface area contributed by atoms with E-state index in [2.05, 4.69) is 72.8 Å². The van der Waals surface area contributed by atoms with Crippen molar-refractivity contribution in [2.24, 2.45) is 0 Å². The Morgan fingerprint density at radius 2 is 1.15 bits per heavy atom. The number of aryl methyl sites for hydroxylation is 1. The van der Waals surface area contributed by atoms with Crippen LogP contribution in [0.3, 0.4) is 0 Å². The summed E-state index contributed by atoms with van der Waals surface area (Å²) < 4.78 is 29.6. The molecule has 0 aliphatic carbocycles. The number of hydrogen-bond donors (Lipinski definition) is 2. The zero-order valence-corrected chi connectivity index (χ0v) is 19.3. The summed E-state index contributed by atoms with van der Waals surface area (Å²) in [5.41, 5.74) is 5.91. The van der Waals surface area contributed by atoms with Crippen LogP contribution in [0.1, 0.15) is 29.0 Å². The highest BCUT2D eigenvalue weighted by Gasteiger charge is 2.13. The Morgan fingerprint density at radius 3 is 1.67 bits per heavy atom. The Morgan fingerprint density at radius 1 is 0.667 bits per heavy atom. The first-order valence-electron chi connectivity index (χ1n) is 10.7. The van der Waals surface area contributed by atoms with Crippen LogP contribution in [-0.4, -0.2) is 24.7 Å². The minimum absolute atomic E-state index is 0.0666. The van der Waals surface area contributed by atoms with Gasteiger partial charge in [-0.25, -0.2) is 0 Å². The molecule has 0 fully saturated rings. The minimum Gasteiger partial charge on any atom is -0.396 e. The number of benzene rings is 4. The molecule has 2 N–H and O–H groups in total. The number of aliphatic hydroxyl groups excluding tert-OH is 1. The fourth-order valence-corrected chi connectivity index (χ4v) is 4.07. The summed E-state index contributed by atoms with van der Waals surface area (Å²) in [6.45, 7) is 2.04. The van der Waals surface area contributed by atoms with Crippen LogP contribution in [0.4, 0.5) is 0 Å². The van der Waals surface area contributed by atoms with E-state index in [4.69, 9.17) is 4.55 Å². The maximum atomic E-state index is 10.5. The topological polar surface area (TPSA) is 74.6 Å². The number of hydrogen-bond acceptors (Lipinski definition) is 3. The van der Waals surface area contributed by atoms with E-state index in [0.29, 0.717) is 0 Å². The van der Waals surface area contributed by atoms with Crippen LogP contribution in [0.5, 0.6) is 0 Å². The summed E-state index contributed by atoms with van der Waals surface area (Å²) in [5, 5.41) is 9.39. The largest absolute Gasteiger partial charge is 0.396 e. The van der Waals surface area contributed by atoms with Crippen molar-refractivity contribution in [2.75, 3.05) is 6.61 Å². The van der Waals surface area contributed by atoms with Crippen molar-refractivity contribution < 1.29 is 18.1 Å². The molecule has 0 saturated heterocycles. The van der Waals surface area contributed by atoms with Crippen molar-refractivity contribution in [1.29, 1.82) is 0 Å². The number of rotatable bonds is 6. The lowest BCUT2D eigenvalue weighted by Gasteiger charge is -2.17. The third-order valence-corrected chi connectivity index (χ3v) is 6.23. The molecule has 5 heteroatoms. The lowest BCUT2D eigenvalue weighted by molar-refractivity contribution is 0.281. The van der Waals surface area contributed by atoms with E-state index in [1.54, 1.807) is 12.1 Å². The molecule has 0 heterocycles. The summed E-state index contributed by atoms with van der Waals surface area (Å²) in [7, 11) is -4.02. The molecular formula is C28H28O4S. The summed E-state index contributed by atoms with van der Waals surface area (Å²) in [4.78, 5) is -0.0666. The van der Waals surface area contributed by atoms with Gasteiger partial charge in [-0.15, -0.1) is 0 Å². The highest BCUT2D eigenvalue weighted by atomic mass is 32.2. The van der Waals surface area contributed by atoms with Crippen LogP contribution in [0.2, 0.25) is 0 Å². The minimum atomic E-state index is -4.02. The molecule has 0 bridgehead atoms. The third kappa shape index (κ3) is 7.12. The van der Waals surface area contributed by atoms with Gasteiger partial charge >= 0.3 is 0 Å². The second-order valence-electron chi connectivity index (χ2n) is 7.75. The Bertz CT molecular complexity index is 1220. The molecule has 1 unspecified atom stereocenters. The Balaban J connectivity index is 0.000000235. The van der Waals surface area contributed by atoms with Gasteiger partial charge in [0.25, 0.3) is 10.1 Å². The zero-order chi connectivity index (χ0) is 23.7. The van der Waals surface area contributed by atoms with Crippen molar-refractivity contribution in [3.8, 4) is 11.1 Å². The lowest BCUT2D eigenvalue weighted by atomic mass is 9.88. The molecule has 4 aromatic rings. The molecule has 0 spiro atoms. The molecule has 4 nitrogen and oxygen atoms in total. The monoisotopic (exact) mass is 460 g/mol. The van der Waals surface area contributed by atoms with E-state index < -0.39 is 10.1 Å². The molecule has 0 aromatic heterocycles. The molecule has 1 atom stereocenters. The fraction of sp³-hybridized carbons (Fsp3) is 0.143. The van der Waals surface area contributed by atoms with Crippen molar-refractivity contribution in [3.63, 3.8) is 0 Å². The fourth-order valence-electron chi connectivity index (χ4n) is 3.59. The molecule has 170 valence electrons. The predicted octanol–water partition coefficient (Wildman–Crippen LogP) is 6.11. The first-order valence-corrected chi connectivity index (χ1v) is 12.2. The highest BCUT2D eigenvalue weighted by Crippen LogP contribution is 2.29. The second kappa shape index (κ2) is 11.6. The Kier molecular flexibility index (Phi) is 8.55. The molecular weight excluding hydrogens is 432 g/mol. The summed E-state index contributed by atoms with van der Waals surface area (Å²) in [6.07, 6.45) is 0.745. The SMILES string of the molecule is Cc1ccc(S(=O)(=O)O)cc1.OCCC(c1ccccc1)c1ccc(-c2ccccc2)cc1. The van der Waals surface area contributed by atoms with Gasteiger partial charge in [-0.1, -0.05) is 103 Å². The Hall–Kier alpha value is -3.25. The van der Waals surface area contributed by atoms with Gasteiger partial charge in [0.2, 0.25) is 0 Å². The molecule has 0 amide bonds. The third-order valence-electron chi connectivity index (χ3n) is 5.36. The molecule has 4 aromatic carbocycles. The molecule has 0 saturated carbocycles. The van der Waals surface area contributed by atoms with Crippen molar-refractivity contribution in [1.82, 2.24) is 0 Å². The van der Waals surface area contributed by atoms with Gasteiger partial charge in [-0.05, 0) is 47.7 Å². The maximum Gasteiger partial charge on any atom is 0.294 e. The smallest absolute Gasteiger partial charge is 0.294 e. The van der Waals surface area contributed by atoms with Crippen LogP contribution in [0, 0.1) is 6.92 Å². The molecule has 0 aliphatic rings. The van der Waals surface area contributed by atoms with E-state index in [1.807, 2.05) is 19.1 Å². The predicted molar refractivity (Wildman–Crippen MR) is 133 cm³/mol. The molecule has 4 rings (SSSR count). The van der Waals surface area contributed by atoms with Crippen LogP contribution < -0.4 is 0 Å². The first kappa shape index (κ1) is 24.4. The normalized spacial score (nSPS) is 11.8. The van der Waals surface area contributed by atoms with Crippen LogP contribution in [0.15, 0.2) is 114 Å². The van der Waals surface area contributed by atoms with Gasteiger partial charge in [0.15, 0.2) is 0 Å². The molecule has 0 aliphatic heterocycles. The average Bonchev–Trinajstić information content (AvgIpc) is 2.84. The average molecular weight is 461 g/mol. The zero-order valence-electron chi connectivity index (χ0n) is 18.5. The van der Waals surface area contributed by atoms with Gasteiger partial charge in [0.1, 0.15) is 0 Å². The van der Waals surface area contributed by atoms with Crippen LogP contribution >= 0.6 is 0 Å². The van der Waals surface area contributed by atoms with E-state index in [1.165, 1.54) is 34.4 Å². The van der Waals surface area contributed by atoms with Crippen molar-refractivity contribution in [3.05, 3.63) is 126 Å². The number of aliphatic hydroxyl groups is 1. The van der Waals surface area contributed by atoms with Gasteiger partial charge in [-0.3, -0.25) is 4.55 Å². The van der Waals surface area contributed by atoms with E-state index >= 15 is 0 Å². The first-order chi connectivity index (χ1) is 15.9. The van der Waals surface area contributed by atoms with E-state index in [-0.39, 0.29) is 17.4 Å².